The Bertz CT molecular complexity index is 2210. The molecule has 0 unspecified atom stereocenters. The minimum absolute atomic E-state index is 0.0491. The molecule has 22 heteroatoms. The topological polar surface area (TPSA) is 269 Å². The second kappa shape index (κ2) is 25.4. The maximum absolute atomic E-state index is 13.4. The summed E-state index contributed by atoms with van der Waals surface area (Å²) in [5.41, 5.74) is 12.0. The largest absolute Gasteiger partial charge is 0.496 e. The SMILES string of the molecule is COc1cccc2[nH]c(C(=O)C[C@@H](CC(C)C)C(=O)NN(CCC(N)=O)C(=O)[C@@H](F)Cl)cc12.COc1cccc2[nH]c(C(=O)C[C@@H](CC(C)C)C(=O)NN(CCC(N)=O)C(=O)[C@H](F)Cl)cc12. The highest BCUT2D eigenvalue weighted by atomic mass is 35.5. The zero-order valence-electron chi connectivity index (χ0n) is 37.4. The van der Waals surface area contributed by atoms with Gasteiger partial charge in [-0.05, 0) is 61.1 Å². The molecule has 0 aliphatic heterocycles. The standard InChI is InChI=1S/2C22H28ClFN4O5/c2*1-12(2)9-13(21(31)27-28(8-7-19(25)30)22(32)20(23)24)10-17(29)16-11-14-15(26-16)5-4-6-18(14)33-3/h2*4-6,11-13,20,26H,7-10H2,1-3H3,(H2,25,30)(H,27,31)/t13-,20+;13-,20-/m11/s1. The van der Waals surface area contributed by atoms with Crippen LogP contribution >= 0.6 is 23.2 Å². The minimum atomic E-state index is -2.41. The Labute approximate surface area is 389 Å². The van der Waals surface area contributed by atoms with Crippen molar-refractivity contribution < 1.29 is 56.6 Å². The van der Waals surface area contributed by atoms with E-state index < -0.39 is 58.5 Å². The van der Waals surface area contributed by atoms with Crippen molar-refractivity contribution in [2.24, 2.45) is 35.1 Å². The molecule has 0 radical (unpaired) electrons. The molecular formula is C44H56Cl2F2N8O10. The van der Waals surface area contributed by atoms with Gasteiger partial charge in [0, 0.05) is 59.3 Å². The summed E-state index contributed by atoms with van der Waals surface area (Å²) in [6.45, 7) is 6.82. The van der Waals surface area contributed by atoms with Crippen LogP contribution < -0.4 is 31.8 Å². The highest BCUT2D eigenvalue weighted by Crippen LogP contribution is 2.29. The van der Waals surface area contributed by atoms with E-state index in [-0.39, 0.29) is 62.2 Å². The number of nitrogens with two attached hydrogens (primary N) is 2. The van der Waals surface area contributed by atoms with Crippen LogP contribution in [0.5, 0.6) is 11.5 Å². The molecule has 4 atom stereocenters. The molecule has 360 valence electrons. The number of fused-ring (bicyclic) bond motifs is 2. The van der Waals surface area contributed by atoms with E-state index in [1.54, 1.807) is 48.5 Å². The van der Waals surface area contributed by atoms with Crippen molar-refractivity contribution >= 4 is 92.0 Å². The van der Waals surface area contributed by atoms with Crippen molar-refractivity contribution in [3.05, 3.63) is 59.9 Å². The molecule has 4 aromatic rings. The molecule has 0 spiro atoms. The molecule has 2 heterocycles. The fraction of sp³-hybridized carbons (Fsp3) is 0.455. The Morgan fingerprint density at radius 2 is 0.985 bits per heavy atom. The van der Waals surface area contributed by atoms with Gasteiger partial charge in [0.05, 0.1) is 38.7 Å². The number of hydrazine groups is 2. The Hall–Kier alpha value is -6.28. The van der Waals surface area contributed by atoms with Crippen LogP contribution in [0.25, 0.3) is 21.8 Å². The summed E-state index contributed by atoms with van der Waals surface area (Å²) in [7, 11) is 3.06. The third-order valence-corrected chi connectivity index (χ3v) is 10.3. The van der Waals surface area contributed by atoms with Crippen LogP contribution in [-0.4, -0.2) is 106 Å². The first kappa shape index (κ1) is 54.1. The van der Waals surface area contributed by atoms with E-state index in [4.69, 9.17) is 44.1 Å². The number of rotatable bonds is 22. The zero-order chi connectivity index (χ0) is 49.4. The fourth-order valence-electron chi connectivity index (χ4n) is 6.85. The van der Waals surface area contributed by atoms with Crippen molar-refractivity contribution in [3.63, 3.8) is 0 Å². The fourth-order valence-corrected chi connectivity index (χ4v) is 7.09. The van der Waals surface area contributed by atoms with Crippen LogP contribution in [0.4, 0.5) is 8.78 Å². The molecule has 0 aliphatic rings. The monoisotopic (exact) mass is 964 g/mol. The normalized spacial score (nSPS) is 12.9. The summed E-state index contributed by atoms with van der Waals surface area (Å²) in [5.74, 6) is -6.24. The number of carbonyl (C=O) groups is 8. The van der Waals surface area contributed by atoms with Gasteiger partial charge in [-0.1, -0.05) is 63.0 Å². The minimum Gasteiger partial charge on any atom is -0.496 e. The van der Waals surface area contributed by atoms with E-state index in [1.165, 1.54) is 14.2 Å². The van der Waals surface area contributed by atoms with E-state index in [2.05, 4.69) is 20.8 Å². The average molecular weight is 966 g/mol. The van der Waals surface area contributed by atoms with Gasteiger partial charge < -0.3 is 30.9 Å². The molecule has 2 aromatic heterocycles. The lowest BCUT2D eigenvalue weighted by molar-refractivity contribution is -0.145. The quantitative estimate of drug-likeness (QED) is 0.0333. The van der Waals surface area contributed by atoms with Gasteiger partial charge in [-0.2, -0.15) is 0 Å². The number of primary amides is 2. The average Bonchev–Trinajstić information content (AvgIpc) is 3.91. The predicted molar refractivity (Wildman–Crippen MR) is 242 cm³/mol. The molecular weight excluding hydrogens is 909 g/mol. The number of amides is 6. The molecule has 0 saturated heterocycles. The van der Waals surface area contributed by atoms with Gasteiger partial charge in [-0.3, -0.25) is 49.2 Å². The maximum Gasteiger partial charge on any atom is 0.291 e. The van der Waals surface area contributed by atoms with Gasteiger partial charge in [0.25, 0.3) is 23.1 Å². The summed E-state index contributed by atoms with van der Waals surface area (Å²) in [5, 5.41) is 2.70. The number of nitrogens with one attached hydrogen (secondary N) is 4. The van der Waals surface area contributed by atoms with Crippen molar-refractivity contribution in [3.8, 4) is 11.5 Å². The Morgan fingerprint density at radius 3 is 1.27 bits per heavy atom. The lowest BCUT2D eigenvalue weighted by Crippen LogP contribution is -2.51. The van der Waals surface area contributed by atoms with Gasteiger partial charge in [-0.15, -0.1) is 0 Å². The number of aromatic amines is 2. The predicted octanol–water partition coefficient (Wildman–Crippen LogP) is 5.36. The third-order valence-electron chi connectivity index (χ3n) is 9.97. The van der Waals surface area contributed by atoms with Gasteiger partial charge in [0.2, 0.25) is 23.6 Å². The number of ether oxygens (including phenoxy) is 2. The summed E-state index contributed by atoms with van der Waals surface area (Å²) >= 11 is 10.4. The number of hydrogen-bond donors (Lipinski definition) is 6. The molecule has 0 bridgehead atoms. The number of aromatic nitrogens is 2. The Kier molecular flexibility index (Phi) is 20.8. The van der Waals surface area contributed by atoms with Crippen molar-refractivity contribution in [1.82, 2.24) is 30.8 Å². The van der Waals surface area contributed by atoms with E-state index in [0.717, 1.165) is 10.8 Å². The number of nitrogens with zero attached hydrogens (tertiary/aromatic N) is 2. The summed E-state index contributed by atoms with van der Waals surface area (Å²) in [6, 6.07) is 14.0. The van der Waals surface area contributed by atoms with Gasteiger partial charge >= 0.3 is 0 Å². The number of halogens is 4. The van der Waals surface area contributed by atoms with Gasteiger partial charge in [0.15, 0.2) is 11.6 Å². The first-order chi connectivity index (χ1) is 31.1. The van der Waals surface area contributed by atoms with Crippen molar-refractivity contribution in [2.45, 2.75) is 77.5 Å². The number of benzene rings is 2. The molecule has 66 heavy (non-hydrogen) atoms. The molecule has 18 nitrogen and oxygen atoms in total. The maximum atomic E-state index is 13.4. The second-order valence-electron chi connectivity index (χ2n) is 16.1. The number of carbonyl (C=O) groups excluding carboxylic acids is 8. The van der Waals surface area contributed by atoms with E-state index in [0.29, 0.717) is 56.8 Å². The molecule has 0 aliphatic carbocycles. The number of hydrogen-bond acceptors (Lipinski definition) is 10. The van der Waals surface area contributed by atoms with Crippen LogP contribution in [0, 0.1) is 23.7 Å². The van der Waals surface area contributed by atoms with E-state index in [9.17, 15) is 47.1 Å². The smallest absolute Gasteiger partial charge is 0.291 e. The molecule has 0 saturated carbocycles. The molecule has 8 N–H and O–H groups in total. The molecule has 2 aromatic carbocycles. The van der Waals surface area contributed by atoms with Crippen molar-refractivity contribution in [1.29, 1.82) is 0 Å². The van der Waals surface area contributed by atoms with Crippen LogP contribution in [0.2, 0.25) is 0 Å². The first-order valence-electron chi connectivity index (χ1n) is 20.8. The lowest BCUT2D eigenvalue weighted by atomic mass is 9.91. The van der Waals surface area contributed by atoms with Crippen LogP contribution in [0.15, 0.2) is 48.5 Å². The summed E-state index contributed by atoms with van der Waals surface area (Å²) in [4.78, 5) is 104. The second-order valence-corrected chi connectivity index (χ2v) is 16.8. The zero-order valence-corrected chi connectivity index (χ0v) is 38.9. The Morgan fingerprint density at radius 1 is 0.636 bits per heavy atom. The number of methoxy groups -OCH3 is 2. The molecule has 4 rings (SSSR count). The van der Waals surface area contributed by atoms with E-state index in [1.807, 2.05) is 27.7 Å². The summed E-state index contributed by atoms with van der Waals surface area (Å²) < 4.78 is 37.3. The number of Topliss-reactive ketones (excluding diaryl/α,β-unsaturated/α-hetero) is 2. The highest BCUT2D eigenvalue weighted by Gasteiger charge is 2.31. The van der Waals surface area contributed by atoms with Crippen LogP contribution in [-0.2, 0) is 28.8 Å². The van der Waals surface area contributed by atoms with Crippen LogP contribution in [0.1, 0.15) is 87.2 Å². The first-order valence-corrected chi connectivity index (χ1v) is 21.7. The lowest BCUT2D eigenvalue weighted by Gasteiger charge is -2.26. The number of ketones is 2. The molecule has 0 fully saturated rings. The van der Waals surface area contributed by atoms with Crippen molar-refractivity contribution in [2.75, 3.05) is 27.3 Å². The Balaban J connectivity index is 0.000000350. The summed E-state index contributed by atoms with van der Waals surface area (Å²) in [6.07, 6.45) is -0.258. The highest BCUT2D eigenvalue weighted by molar-refractivity contribution is 6.29. The van der Waals surface area contributed by atoms with Gasteiger partial charge in [-0.25, -0.2) is 18.8 Å². The number of H-pyrrole nitrogens is 2. The number of alkyl halides is 4. The van der Waals surface area contributed by atoms with Crippen LogP contribution in [0.3, 0.4) is 0 Å². The molecule has 6 amide bonds. The van der Waals surface area contributed by atoms with E-state index >= 15 is 0 Å². The third kappa shape index (κ3) is 16.0. The van der Waals surface area contributed by atoms with Gasteiger partial charge in [0.1, 0.15) is 11.5 Å².